The minimum Gasteiger partial charge on any atom is -0.383 e. The molecule has 17 heavy (non-hydrogen) atoms. The van der Waals surface area contributed by atoms with Crippen LogP contribution < -0.4 is 5.73 Å². The van der Waals surface area contributed by atoms with E-state index in [9.17, 15) is 0 Å². The Hall–Kier alpha value is -0.160. The van der Waals surface area contributed by atoms with Gasteiger partial charge in [0.2, 0.25) is 0 Å². The van der Waals surface area contributed by atoms with Gasteiger partial charge in [0.15, 0.2) is 0 Å². The first kappa shape index (κ1) is 14.9. The van der Waals surface area contributed by atoms with E-state index in [1.807, 2.05) is 0 Å². The van der Waals surface area contributed by atoms with Gasteiger partial charge in [-0.05, 0) is 12.8 Å². The topological polar surface area (TPSA) is 47.7 Å². The Morgan fingerprint density at radius 3 is 2.00 bits per heavy atom. The summed E-state index contributed by atoms with van der Waals surface area (Å²) in [6.45, 7) is 4.39. The van der Waals surface area contributed by atoms with Crippen molar-refractivity contribution in [3.8, 4) is 0 Å². The Morgan fingerprint density at radius 1 is 1.00 bits per heavy atom. The average molecular weight is 244 g/mol. The summed E-state index contributed by atoms with van der Waals surface area (Å²) in [6.07, 6.45) is 6.21. The van der Waals surface area contributed by atoms with Crippen LogP contribution in [0.5, 0.6) is 0 Å². The molecule has 0 unspecified atom stereocenters. The SMILES string of the molecule is COCCN(CCOC)CC1(N)CCCCC1. The molecule has 0 heterocycles. The van der Waals surface area contributed by atoms with Crippen LogP contribution in [0.3, 0.4) is 0 Å². The minimum absolute atomic E-state index is 0.0136. The lowest BCUT2D eigenvalue weighted by Crippen LogP contribution is -2.52. The van der Waals surface area contributed by atoms with Gasteiger partial charge < -0.3 is 15.2 Å². The number of nitrogens with two attached hydrogens (primary N) is 1. The summed E-state index contributed by atoms with van der Waals surface area (Å²) in [5, 5.41) is 0. The Labute approximate surface area is 105 Å². The monoisotopic (exact) mass is 244 g/mol. The summed E-state index contributed by atoms with van der Waals surface area (Å²) in [4.78, 5) is 2.37. The maximum absolute atomic E-state index is 6.48. The lowest BCUT2D eigenvalue weighted by atomic mass is 9.82. The molecule has 0 aromatic heterocycles. The zero-order valence-electron chi connectivity index (χ0n) is 11.4. The van der Waals surface area contributed by atoms with Crippen LogP contribution in [0.2, 0.25) is 0 Å². The molecule has 0 radical (unpaired) electrons. The molecule has 4 heteroatoms. The highest BCUT2D eigenvalue weighted by Crippen LogP contribution is 2.26. The number of nitrogens with zero attached hydrogens (tertiary/aromatic N) is 1. The van der Waals surface area contributed by atoms with Gasteiger partial charge in [-0.25, -0.2) is 0 Å². The molecule has 1 fully saturated rings. The van der Waals surface area contributed by atoms with E-state index in [0.717, 1.165) is 45.7 Å². The summed E-state index contributed by atoms with van der Waals surface area (Å²) in [5.74, 6) is 0. The maximum Gasteiger partial charge on any atom is 0.0589 e. The summed E-state index contributed by atoms with van der Waals surface area (Å²) in [7, 11) is 3.49. The fourth-order valence-electron chi connectivity index (χ4n) is 2.57. The third-order valence-corrected chi connectivity index (χ3v) is 3.61. The van der Waals surface area contributed by atoms with Gasteiger partial charge in [-0.1, -0.05) is 19.3 Å². The van der Waals surface area contributed by atoms with Gasteiger partial charge in [0, 0.05) is 39.4 Å². The molecule has 0 spiro atoms. The van der Waals surface area contributed by atoms with Crippen LogP contribution in [0.4, 0.5) is 0 Å². The first-order chi connectivity index (χ1) is 8.20. The first-order valence-electron chi connectivity index (χ1n) is 6.69. The second-order valence-electron chi connectivity index (χ2n) is 5.18. The van der Waals surface area contributed by atoms with Crippen molar-refractivity contribution in [3.63, 3.8) is 0 Å². The highest BCUT2D eigenvalue weighted by atomic mass is 16.5. The van der Waals surface area contributed by atoms with E-state index < -0.39 is 0 Å². The molecule has 0 aromatic carbocycles. The second kappa shape index (κ2) is 8.03. The van der Waals surface area contributed by atoms with Crippen LogP contribution in [-0.2, 0) is 9.47 Å². The molecule has 1 saturated carbocycles. The van der Waals surface area contributed by atoms with Crippen molar-refractivity contribution in [2.45, 2.75) is 37.6 Å². The molecule has 0 aromatic rings. The van der Waals surface area contributed by atoms with Crippen molar-refractivity contribution in [2.75, 3.05) is 47.1 Å². The van der Waals surface area contributed by atoms with Crippen LogP contribution in [0.1, 0.15) is 32.1 Å². The van der Waals surface area contributed by atoms with Gasteiger partial charge in [0.25, 0.3) is 0 Å². The second-order valence-corrected chi connectivity index (χ2v) is 5.18. The number of ether oxygens (including phenoxy) is 2. The van der Waals surface area contributed by atoms with Crippen LogP contribution in [0.25, 0.3) is 0 Å². The Balaban J connectivity index is 2.38. The number of methoxy groups -OCH3 is 2. The first-order valence-corrected chi connectivity index (χ1v) is 6.69. The van der Waals surface area contributed by atoms with Crippen LogP contribution in [-0.4, -0.2) is 57.5 Å². The summed E-state index contributed by atoms with van der Waals surface area (Å²) < 4.78 is 10.3. The van der Waals surface area contributed by atoms with Gasteiger partial charge in [-0.3, -0.25) is 4.90 Å². The third kappa shape index (κ3) is 5.82. The van der Waals surface area contributed by atoms with E-state index in [0.29, 0.717) is 0 Å². The van der Waals surface area contributed by atoms with Gasteiger partial charge in [0.05, 0.1) is 13.2 Å². The highest BCUT2D eigenvalue weighted by Gasteiger charge is 2.29. The third-order valence-electron chi connectivity index (χ3n) is 3.61. The van der Waals surface area contributed by atoms with E-state index in [-0.39, 0.29) is 5.54 Å². The van der Waals surface area contributed by atoms with Crippen molar-refractivity contribution in [1.82, 2.24) is 4.90 Å². The zero-order valence-corrected chi connectivity index (χ0v) is 11.4. The summed E-state index contributed by atoms with van der Waals surface area (Å²) in [5.41, 5.74) is 6.49. The molecule has 0 bridgehead atoms. The molecule has 1 aliphatic rings. The predicted molar refractivity (Wildman–Crippen MR) is 70.2 cm³/mol. The normalized spacial score (nSPS) is 19.8. The number of hydrogen-bond donors (Lipinski definition) is 1. The van der Waals surface area contributed by atoms with Crippen molar-refractivity contribution < 1.29 is 9.47 Å². The number of hydrogen-bond acceptors (Lipinski definition) is 4. The van der Waals surface area contributed by atoms with E-state index in [2.05, 4.69) is 4.90 Å². The molecule has 2 N–H and O–H groups in total. The van der Waals surface area contributed by atoms with E-state index in [1.54, 1.807) is 14.2 Å². The molecule has 1 rings (SSSR count). The molecule has 0 atom stereocenters. The predicted octanol–water partition coefficient (Wildman–Crippen LogP) is 1.24. The Kier molecular flexibility index (Phi) is 7.04. The van der Waals surface area contributed by atoms with Crippen molar-refractivity contribution in [3.05, 3.63) is 0 Å². The van der Waals surface area contributed by atoms with E-state index in [4.69, 9.17) is 15.2 Å². The molecule has 1 aliphatic carbocycles. The Bertz CT molecular complexity index is 186. The molecule has 0 saturated heterocycles. The molecular weight excluding hydrogens is 216 g/mol. The molecule has 102 valence electrons. The molecular formula is C13H28N2O2. The standard InChI is InChI=1S/C13H28N2O2/c1-16-10-8-15(9-11-17-2)12-13(14)6-4-3-5-7-13/h3-12,14H2,1-2H3. The fraction of sp³-hybridized carbons (Fsp3) is 1.00. The lowest BCUT2D eigenvalue weighted by Gasteiger charge is -2.38. The van der Waals surface area contributed by atoms with Crippen molar-refractivity contribution >= 4 is 0 Å². The average Bonchev–Trinajstić information content (AvgIpc) is 2.33. The Morgan fingerprint density at radius 2 is 1.53 bits per heavy atom. The van der Waals surface area contributed by atoms with Crippen LogP contribution in [0, 0.1) is 0 Å². The van der Waals surface area contributed by atoms with Gasteiger partial charge in [-0.15, -0.1) is 0 Å². The lowest BCUT2D eigenvalue weighted by molar-refractivity contribution is 0.0905. The van der Waals surface area contributed by atoms with Gasteiger partial charge in [-0.2, -0.15) is 0 Å². The molecule has 4 nitrogen and oxygen atoms in total. The van der Waals surface area contributed by atoms with Crippen LogP contribution >= 0.6 is 0 Å². The fourth-order valence-corrected chi connectivity index (χ4v) is 2.57. The van der Waals surface area contributed by atoms with Crippen molar-refractivity contribution in [1.29, 1.82) is 0 Å². The highest BCUT2D eigenvalue weighted by molar-refractivity contribution is 4.90. The minimum atomic E-state index is 0.0136. The smallest absolute Gasteiger partial charge is 0.0589 e. The summed E-state index contributed by atoms with van der Waals surface area (Å²) >= 11 is 0. The maximum atomic E-state index is 6.48. The largest absolute Gasteiger partial charge is 0.383 e. The molecule has 0 amide bonds. The van der Waals surface area contributed by atoms with E-state index in [1.165, 1.54) is 19.3 Å². The number of rotatable bonds is 8. The van der Waals surface area contributed by atoms with Crippen LogP contribution in [0.15, 0.2) is 0 Å². The quantitative estimate of drug-likeness (QED) is 0.698. The zero-order chi connectivity index (χ0) is 12.6. The molecule has 0 aliphatic heterocycles. The van der Waals surface area contributed by atoms with Crippen molar-refractivity contribution in [2.24, 2.45) is 5.73 Å². The summed E-state index contributed by atoms with van der Waals surface area (Å²) in [6, 6.07) is 0. The van der Waals surface area contributed by atoms with Gasteiger partial charge in [0.1, 0.15) is 0 Å². The van der Waals surface area contributed by atoms with Gasteiger partial charge >= 0.3 is 0 Å². The van der Waals surface area contributed by atoms with E-state index >= 15 is 0 Å².